The molecule has 7 nitrogen and oxygen atoms in total. The molecule has 7 heteroatoms. The van der Waals surface area contributed by atoms with Gasteiger partial charge >= 0.3 is 0 Å². The summed E-state index contributed by atoms with van der Waals surface area (Å²) < 4.78 is 5.41. The first kappa shape index (κ1) is 23.1. The topological polar surface area (TPSA) is 83.0 Å². The molecule has 2 aromatic rings. The predicted octanol–water partition coefficient (Wildman–Crippen LogP) is 3.35. The molecule has 1 N–H and O–H groups in total. The van der Waals surface area contributed by atoms with E-state index in [2.05, 4.69) is 23.7 Å². The van der Waals surface area contributed by atoms with E-state index in [-0.39, 0.29) is 11.3 Å². The molecule has 0 radical (unpaired) electrons. The van der Waals surface area contributed by atoms with Gasteiger partial charge in [0.25, 0.3) is 11.7 Å². The van der Waals surface area contributed by atoms with Gasteiger partial charge in [0, 0.05) is 44.1 Å². The molecule has 2 aliphatic heterocycles. The molecule has 0 saturated carbocycles. The van der Waals surface area contributed by atoms with Crippen molar-refractivity contribution in [3.63, 3.8) is 0 Å². The zero-order valence-electron chi connectivity index (χ0n) is 19.2. The maximum atomic E-state index is 13.1. The van der Waals surface area contributed by atoms with Gasteiger partial charge < -0.3 is 14.7 Å². The van der Waals surface area contributed by atoms with Crippen LogP contribution in [0.4, 0.5) is 0 Å². The number of ether oxygens (including phenoxy) is 1. The Kier molecular flexibility index (Phi) is 7.20. The third-order valence-electron chi connectivity index (χ3n) is 6.39. The predicted molar refractivity (Wildman–Crippen MR) is 126 cm³/mol. The number of carbonyl (C=O) groups is 2. The quantitative estimate of drug-likeness (QED) is 0.397. The molecule has 174 valence electrons. The highest BCUT2D eigenvalue weighted by Crippen LogP contribution is 2.39. The molecule has 2 fully saturated rings. The second-order valence-electron chi connectivity index (χ2n) is 8.86. The smallest absolute Gasteiger partial charge is 0.295 e. The van der Waals surface area contributed by atoms with Crippen LogP contribution in [0.25, 0.3) is 5.76 Å². The number of hydrogen-bond donors (Lipinski definition) is 1. The van der Waals surface area contributed by atoms with Crippen LogP contribution in [0.3, 0.4) is 0 Å². The van der Waals surface area contributed by atoms with Gasteiger partial charge in [0.1, 0.15) is 5.76 Å². The molecule has 4 rings (SSSR count). The number of aliphatic hydroxyl groups excluding tert-OH is 1. The van der Waals surface area contributed by atoms with Gasteiger partial charge in [-0.05, 0) is 35.6 Å². The van der Waals surface area contributed by atoms with Gasteiger partial charge in [-0.15, -0.1) is 0 Å². The Hall–Kier alpha value is -3.03. The molecule has 1 atom stereocenters. The number of benzene rings is 1. The monoisotopic (exact) mass is 449 g/mol. The van der Waals surface area contributed by atoms with Gasteiger partial charge in [0.05, 0.1) is 24.8 Å². The van der Waals surface area contributed by atoms with Gasteiger partial charge in [-0.3, -0.25) is 19.5 Å². The van der Waals surface area contributed by atoms with E-state index >= 15 is 0 Å². The number of morpholine rings is 1. The third kappa shape index (κ3) is 4.99. The van der Waals surface area contributed by atoms with Gasteiger partial charge in [0.15, 0.2) is 0 Å². The zero-order chi connectivity index (χ0) is 23.4. The van der Waals surface area contributed by atoms with Gasteiger partial charge in [-0.25, -0.2) is 0 Å². The molecule has 0 bridgehead atoms. The highest BCUT2D eigenvalue weighted by molar-refractivity contribution is 6.46. The van der Waals surface area contributed by atoms with Crippen LogP contribution in [0.1, 0.15) is 48.9 Å². The molecule has 1 amide bonds. The van der Waals surface area contributed by atoms with Crippen molar-refractivity contribution in [2.75, 3.05) is 39.4 Å². The fourth-order valence-electron chi connectivity index (χ4n) is 4.48. The summed E-state index contributed by atoms with van der Waals surface area (Å²) in [7, 11) is 0. The number of pyridine rings is 1. The van der Waals surface area contributed by atoms with Crippen molar-refractivity contribution in [3.8, 4) is 0 Å². The van der Waals surface area contributed by atoms with Crippen LogP contribution in [0.2, 0.25) is 0 Å². The zero-order valence-corrected chi connectivity index (χ0v) is 19.2. The minimum atomic E-state index is -0.645. The maximum Gasteiger partial charge on any atom is 0.295 e. The van der Waals surface area contributed by atoms with Crippen molar-refractivity contribution >= 4 is 17.4 Å². The number of hydrogen-bond acceptors (Lipinski definition) is 6. The van der Waals surface area contributed by atoms with Crippen LogP contribution in [0.5, 0.6) is 0 Å². The molecule has 3 heterocycles. The normalized spacial score (nSPS) is 21.2. The number of amides is 1. The van der Waals surface area contributed by atoms with Crippen molar-refractivity contribution in [1.29, 1.82) is 0 Å². The van der Waals surface area contributed by atoms with E-state index in [9.17, 15) is 14.7 Å². The van der Waals surface area contributed by atoms with Crippen molar-refractivity contribution in [3.05, 3.63) is 71.1 Å². The van der Waals surface area contributed by atoms with Crippen LogP contribution >= 0.6 is 0 Å². The lowest BCUT2D eigenvalue weighted by atomic mass is 9.93. The van der Waals surface area contributed by atoms with Gasteiger partial charge in [-0.1, -0.05) is 38.1 Å². The van der Waals surface area contributed by atoms with Crippen LogP contribution in [-0.2, 0) is 14.3 Å². The Morgan fingerprint density at radius 2 is 1.73 bits per heavy atom. The minimum Gasteiger partial charge on any atom is -0.507 e. The van der Waals surface area contributed by atoms with Crippen molar-refractivity contribution < 1.29 is 19.4 Å². The number of rotatable bonds is 7. The molecule has 0 aliphatic carbocycles. The fourth-order valence-corrected chi connectivity index (χ4v) is 4.48. The minimum absolute atomic E-state index is 0.134. The Morgan fingerprint density at radius 3 is 2.36 bits per heavy atom. The Labute approximate surface area is 194 Å². The number of carbonyl (C=O) groups excluding carboxylic acids is 2. The summed E-state index contributed by atoms with van der Waals surface area (Å²) >= 11 is 0. The highest BCUT2D eigenvalue weighted by Gasteiger charge is 2.45. The first-order chi connectivity index (χ1) is 16.0. The first-order valence-electron chi connectivity index (χ1n) is 11.6. The average molecular weight is 450 g/mol. The van der Waals surface area contributed by atoms with E-state index < -0.39 is 17.7 Å². The molecule has 33 heavy (non-hydrogen) atoms. The largest absolute Gasteiger partial charge is 0.507 e. The van der Waals surface area contributed by atoms with Crippen LogP contribution in [-0.4, -0.2) is 71.0 Å². The summed E-state index contributed by atoms with van der Waals surface area (Å²) in [6.07, 6.45) is 3.85. The molecule has 1 aromatic carbocycles. The van der Waals surface area contributed by atoms with E-state index in [4.69, 9.17) is 4.74 Å². The summed E-state index contributed by atoms with van der Waals surface area (Å²) in [6, 6.07) is 10.6. The van der Waals surface area contributed by atoms with Crippen LogP contribution in [0.15, 0.2) is 54.4 Å². The number of nitrogens with zero attached hydrogens (tertiary/aromatic N) is 3. The summed E-state index contributed by atoms with van der Waals surface area (Å²) in [6.45, 7) is 8.70. The number of aliphatic hydroxyl groups is 1. The lowest BCUT2D eigenvalue weighted by molar-refractivity contribution is -0.140. The number of likely N-dealkylation sites (tertiary alicyclic amines) is 1. The third-order valence-corrected chi connectivity index (χ3v) is 6.39. The molecule has 2 aliphatic rings. The van der Waals surface area contributed by atoms with Crippen molar-refractivity contribution in [2.45, 2.75) is 32.2 Å². The average Bonchev–Trinajstić information content (AvgIpc) is 3.10. The van der Waals surface area contributed by atoms with E-state index in [0.29, 0.717) is 18.0 Å². The summed E-state index contributed by atoms with van der Waals surface area (Å²) in [5.41, 5.74) is 2.60. The van der Waals surface area contributed by atoms with E-state index in [1.54, 1.807) is 29.4 Å². The maximum absolute atomic E-state index is 13.1. The Morgan fingerprint density at radius 1 is 1.06 bits per heavy atom. The molecular weight excluding hydrogens is 418 g/mol. The highest BCUT2D eigenvalue weighted by atomic mass is 16.5. The Balaban J connectivity index is 1.66. The van der Waals surface area contributed by atoms with Gasteiger partial charge in [-0.2, -0.15) is 0 Å². The molecule has 2 saturated heterocycles. The number of ketones is 1. The van der Waals surface area contributed by atoms with E-state index in [1.807, 2.05) is 24.3 Å². The SMILES string of the molecule is CC(C)c1ccc([C@@H]2/C(=C(\O)c3ccncc3)C(=O)C(=O)N2CCCN2CCOCC2)cc1. The van der Waals surface area contributed by atoms with Crippen LogP contribution < -0.4 is 0 Å². The van der Waals surface area contributed by atoms with E-state index in [0.717, 1.165) is 44.8 Å². The van der Waals surface area contributed by atoms with Crippen molar-refractivity contribution in [1.82, 2.24) is 14.8 Å². The molecule has 0 spiro atoms. The fraction of sp³-hybridized carbons (Fsp3) is 0.423. The standard InChI is InChI=1S/C26H31N3O4/c1-18(2)19-4-6-20(7-5-19)23-22(24(30)21-8-10-27-11-9-21)25(31)26(32)29(23)13-3-12-28-14-16-33-17-15-28/h4-11,18,23,30H,3,12-17H2,1-2H3/b24-22+/t23-/m1/s1. The van der Waals surface area contributed by atoms with Gasteiger partial charge in [0.2, 0.25) is 0 Å². The molecule has 0 unspecified atom stereocenters. The van der Waals surface area contributed by atoms with Crippen LogP contribution in [0, 0.1) is 0 Å². The second kappa shape index (κ2) is 10.3. The number of Topliss-reactive ketones (excluding diaryl/α,β-unsaturated/α-hetero) is 1. The van der Waals surface area contributed by atoms with E-state index in [1.165, 1.54) is 5.56 Å². The summed E-state index contributed by atoms with van der Waals surface area (Å²) in [5.74, 6) is -1.00. The Bertz CT molecular complexity index is 1010. The number of aromatic nitrogens is 1. The summed E-state index contributed by atoms with van der Waals surface area (Å²) in [4.78, 5) is 34.1. The molecular formula is C26H31N3O4. The summed E-state index contributed by atoms with van der Waals surface area (Å²) in [5, 5.41) is 11.1. The first-order valence-corrected chi connectivity index (χ1v) is 11.6. The lowest BCUT2D eigenvalue weighted by Crippen LogP contribution is -2.38. The lowest BCUT2D eigenvalue weighted by Gasteiger charge is -2.29. The van der Waals surface area contributed by atoms with Crippen molar-refractivity contribution in [2.24, 2.45) is 0 Å². The second-order valence-corrected chi connectivity index (χ2v) is 8.86. The molecule has 1 aromatic heterocycles.